The number of nitrogens with one attached hydrogen (secondary N) is 1. The van der Waals surface area contributed by atoms with Crippen LogP contribution in [0.3, 0.4) is 0 Å². The second-order valence-corrected chi connectivity index (χ2v) is 3.28. The summed E-state index contributed by atoms with van der Waals surface area (Å²) in [4.78, 5) is 22.5. The summed E-state index contributed by atoms with van der Waals surface area (Å²) >= 11 is 0. The number of carbonyl (C=O) groups is 2. The lowest BCUT2D eigenvalue weighted by molar-refractivity contribution is 0.0954. The molecule has 1 aromatic carbocycles. The van der Waals surface area contributed by atoms with Gasteiger partial charge in [0, 0.05) is 17.7 Å². The molecule has 0 aliphatic heterocycles. The SMILES string of the molecule is C=CCCNC(=O)c1cccc(C(N)=O)c1. The predicted molar refractivity (Wildman–Crippen MR) is 62.1 cm³/mol. The first-order valence-electron chi connectivity index (χ1n) is 4.94. The van der Waals surface area contributed by atoms with Crippen molar-refractivity contribution in [2.45, 2.75) is 6.42 Å². The van der Waals surface area contributed by atoms with Gasteiger partial charge in [0.15, 0.2) is 0 Å². The van der Waals surface area contributed by atoms with E-state index in [1.54, 1.807) is 24.3 Å². The molecule has 1 rings (SSSR count). The first-order valence-corrected chi connectivity index (χ1v) is 4.94. The van der Waals surface area contributed by atoms with Gasteiger partial charge in [0.05, 0.1) is 0 Å². The topological polar surface area (TPSA) is 72.2 Å². The average molecular weight is 218 g/mol. The maximum atomic E-state index is 11.6. The molecule has 0 aliphatic rings. The van der Waals surface area contributed by atoms with Crippen molar-refractivity contribution in [1.29, 1.82) is 0 Å². The maximum Gasteiger partial charge on any atom is 0.251 e. The van der Waals surface area contributed by atoms with Gasteiger partial charge < -0.3 is 11.1 Å². The number of hydrogen-bond donors (Lipinski definition) is 2. The highest BCUT2D eigenvalue weighted by atomic mass is 16.2. The summed E-state index contributed by atoms with van der Waals surface area (Å²) in [5.74, 6) is -0.759. The van der Waals surface area contributed by atoms with E-state index in [4.69, 9.17) is 5.73 Å². The molecule has 4 nitrogen and oxygen atoms in total. The van der Waals surface area contributed by atoms with Gasteiger partial charge in [0.25, 0.3) is 5.91 Å². The lowest BCUT2D eigenvalue weighted by Crippen LogP contribution is -2.24. The summed E-state index contributed by atoms with van der Waals surface area (Å²) in [5.41, 5.74) is 5.88. The molecule has 2 amide bonds. The van der Waals surface area contributed by atoms with Crippen molar-refractivity contribution >= 4 is 11.8 Å². The lowest BCUT2D eigenvalue weighted by Gasteiger charge is -2.04. The van der Waals surface area contributed by atoms with E-state index in [9.17, 15) is 9.59 Å². The summed E-state index contributed by atoms with van der Waals surface area (Å²) in [5, 5.41) is 2.70. The fourth-order valence-corrected chi connectivity index (χ4v) is 1.20. The van der Waals surface area contributed by atoms with E-state index in [0.717, 1.165) is 0 Å². The molecule has 16 heavy (non-hydrogen) atoms. The summed E-state index contributed by atoms with van der Waals surface area (Å²) in [6.07, 6.45) is 2.43. The van der Waals surface area contributed by atoms with Crippen molar-refractivity contribution < 1.29 is 9.59 Å². The van der Waals surface area contributed by atoms with E-state index in [1.807, 2.05) is 0 Å². The number of rotatable bonds is 5. The monoisotopic (exact) mass is 218 g/mol. The van der Waals surface area contributed by atoms with Gasteiger partial charge in [0.1, 0.15) is 0 Å². The average Bonchev–Trinajstić information content (AvgIpc) is 2.29. The Morgan fingerprint density at radius 3 is 2.69 bits per heavy atom. The lowest BCUT2D eigenvalue weighted by atomic mass is 10.1. The first kappa shape index (κ1) is 12.0. The summed E-state index contributed by atoms with van der Waals surface area (Å²) in [6.45, 7) is 4.09. The Kier molecular flexibility index (Phi) is 4.27. The van der Waals surface area contributed by atoms with Crippen LogP contribution in [0.15, 0.2) is 36.9 Å². The van der Waals surface area contributed by atoms with Crippen molar-refractivity contribution in [2.75, 3.05) is 6.54 Å². The third-order valence-corrected chi connectivity index (χ3v) is 2.04. The van der Waals surface area contributed by atoms with Crippen molar-refractivity contribution in [2.24, 2.45) is 5.73 Å². The van der Waals surface area contributed by atoms with Crippen molar-refractivity contribution in [3.63, 3.8) is 0 Å². The van der Waals surface area contributed by atoms with Crippen LogP contribution in [0.25, 0.3) is 0 Å². The van der Waals surface area contributed by atoms with Gasteiger partial charge in [0.2, 0.25) is 5.91 Å². The molecule has 0 bridgehead atoms. The minimum Gasteiger partial charge on any atom is -0.366 e. The second-order valence-electron chi connectivity index (χ2n) is 3.28. The van der Waals surface area contributed by atoms with Crippen LogP contribution in [0.5, 0.6) is 0 Å². The molecule has 0 spiro atoms. The number of nitrogens with two attached hydrogens (primary N) is 1. The van der Waals surface area contributed by atoms with Crippen LogP contribution < -0.4 is 11.1 Å². The van der Waals surface area contributed by atoms with Crippen molar-refractivity contribution in [1.82, 2.24) is 5.32 Å². The Morgan fingerprint density at radius 2 is 2.06 bits per heavy atom. The molecule has 4 heteroatoms. The smallest absolute Gasteiger partial charge is 0.251 e. The molecule has 0 fully saturated rings. The number of carbonyl (C=O) groups excluding carboxylic acids is 2. The quantitative estimate of drug-likeness (QED) is 0.573. The van der Waals surface area contributed by atoms with Gasteiger partial charge in [-0.3, -0.25) is 9.59 Å². The normalized spacial score (nSPS) is 9.50. The van der Waals surface area contributed by atoms with Gasteiger partial charge in [-0.05, 0) is 24.6 Å². The standard InChI is InChI=1S/C12H14N2O2/c1-2-3-7-14-12(16)10-6-4-5-9(8-10)11(13)15/h2,4-6,8H,1,3,7H2,(H2,13,15)(H,14,16). The van der Waals surface area contributed by atoms with Crippen LogP contribution in [0, 0.1) is 0 Å². The van der Waals surface area contributed by atoms with E-state index in [0.29, 0.717) is 24.1 Å². The Hall–Kier alpha value is -2.10. The number of amides is 2. The van der Waals surface area contributed by atoms with E-state index < -0.39 is 5.91 Å². The predicted octanol–water partition coefficient (Wildman–Crippen LogP) is 1.09. The van der Waals surface area contributed by atoms with Crippen LogP contribution in [-0.2, 0) is 0 Å². The number of hydrogen-bond acceptors (Lipinski definition) is 2. The summed E-state index contributed by atoms with van der Waals surface area (Å²) in [7, 11) is 0. The van der Waals surface area contributed by atoms with Crippen LogP contribution in [0.4, 0.5) is 0 Å². The third kappa shape index (κ3) is 3.24. The Balaban J connectivity index is 2.71. The van der Waals surface area contributed by atoms with Crippen LogP contribution >= 0.6 is 0 Å². The van der Waals surface area contributed by atoms with Crippen LogP contribution in [0.1, 0.15) is 27.1 Å². The molecule has 3 N–H and O–H groups in total. The molecular weight excluding hydrogens is 204 g/mol. The molecular formula is C12H14N2O2. The van der Waals surface area contributed by atoms with E-state index >= 15 is 0 Å². The number of benzene rings is 1. The van der Waals surface area contributed by atoms with Crippen LogP contribution in [0.2, 0.25) is 0 Å². The van der Waals surface area contributed by atoms with Gasteiger partial charge in [-0.2, -0.15) is 0 Å². The van der Waals surface area contributed by atoms with Gasteiger partial charge in [-0.25, -0.2) is 0 Å². The van der Waals surface area contributed by atoms with Crippen LogP contribution in [-0.4, -0.2) is 18.4 Å². The van der Waals surface area contributed by atoms with Crippen molar-refractivity contribution in [3.8, 4) is 0 Å². The van der Waals surface area contributed by atoms with E-state index in [1.165, 1.54) is 6.07 Å². The van der Waals surface area contributed by atoms with E-state index in [2.05, 4.69) is 11.9 Å². The summed E-state index contributed by atoms with van der Waals surface area (Å²) in [6, 6.07) is 6.31. The summed E-state index contributed by atoms with van der Waals surface area (Å²) < 4.78 is 0. The molecule has 0 aliphatic carbocycles. The largest absolute Gasteiger partial charge is 0.366 e. The molecule has 84 valence electrons. The number of primary amides is 1. The third-order valence-electron chi connectivity index (χ3n) is 2.04. The zero-order valence-electron chi connectivity index (χ0n) is 8.90. The Labute approximate surface area is 94.1 Å². The highest BCUT2D eigenvalue weighted by Gasteiger charge is 2.07. The minimum atomic E-state index is -0.541. The second kappa shape index (κ2) is 5.70. The highest BCUT2D eigenvalue weighted by molar-refractivity contribution is 5.99. The fraction of sp³-hybridized carbons (Fsp3) is 0.167. The molecule has 0 saturated heterocycles. The molecule has 0 unspecified atom stereocenters. The zero-order chi connectivity index (χ0) is 12.0. The van der Waals surface area contributed by atoms with Gasteiger partial charge in [-0.15, -0.1) is 6.58 Å². The minimum absolute atomic E-state index is 0.218. The molecule has 0 heterocycles. The molecule has 0 radical (unpaired) electrons. The molecule has 1 aromatic rings. The fourth-order valence-electron chi connectivity index (χ4n) is 1.20. The van der Waals surface area contributed by atoms with Gasteiger partial charge >= 0.3 is 0 Å². The highest BCUT2D eigenvalue weighted by Crippen LogP contribution is 2.04. The molecule has 0 saturated carbocycles. The Bertz CT molecular complexity index is 413. The van der Waals surface area contributed by atoms with E-state index in [-0.39, 0.29) is 5.91 Å². The molecule has 0 atom stereocenters. The Morgan fingerprint density at radius 1 is 1.38 bits per heavy atom. The van der Waals surface area contributed by atoms with Gasteiger partial charge in [-0.1, -0.05) is 12.1 Å². The first-order chi connectivity index (χ1) is 7.65. The van der Waals surface area contributed by atoms with Crippen molar-refractivity contribution in [3.05, 3.63) is 48.0 Å². The zero-order valence-corrected chi connectivity index (χ0v) is 8.90. The maximum absolute atomic E-state index is 11.6. The molecule has 0 aromatic heterocycles.